The zero-order valence-electron chi connectivity index (χ0n) is 14.8. The van der Waals surface area contributed by atoms with Gasteiger partial charge in [-0.3, -0.25) is 4.79 Å². The van der Waals surface area contributed by atoms with Gasteiger partial charge in [0.05, 0.1) is 0 Å². The summed E-state index contributed by atoms with van der Waals surface area (Å²) in [6, 6.07) is 15.8. The molecular weight excluding hydrogens is 312 g/mol. The highest BCUT2D eigenvalue weighted by atomic mass is 16.5. The lowest BCUT2D eigenvalue weighted by Gasteiger charge is -2.35. The van der Waals surface area contributed by atoms with Crippen molar-refractivity contribution in [3.8, 4) is 5.75 Å². The number of nitrogens with zero attached hydrogens (tertiary/aromatic N) is 1. The number of likely N-dealkylation sites (tertiary alicyclic amines) is 1. The van der Waals surface area contributed by atoms with E-state index >= 15 is 0 Å². The molecule has 2 aromatic carbocycles. The standard InChI is InChI=1S/C21H26N2O2/c1-16-6-4-7-17(12-16)15-25-20-10-5-8-18(13-20)21(24)23-11-3-2-9-19(23)14-22/h4-8,10,12-13,19H,2-3,9,11,14-15,22H2,1H3. The predicted octanol–water partition coefficient (Wildman–Crippen LogP) is 3.53. The molecule has 3 rings (SSSR count). The van der Waals surface area contributed by atoms with Gasteiger partial charge >= 0.3 is 0 Å². The van der Waals surface area contributed by atoms with Crippen LogP contribution in [0.5, 0.6) is 5.75 Å². The number of benzene rings is 2. The number of nitrogens with two attached hydrogens (primary N) is 1. The monoisotopic (exact) mass is 338 g/mol. The van der Waals surface area contributed by atoms with Gasteiger partial charge in [-0.2, -0.15) is 0 Å². The van der Waals surface area contributed by atoms with Gasteiger partial charge in [0.1, 0.15) is 12.4 Å². The Bertz CT molecular complexity index is 729. The van der Waals surface area contributed by atoms with E-state index in [0.717, 1.165) is 31.4 Å². The van der Waals surface area contributed by atoms with Crippen LogP contribution in [0.4, 0.5) is 0 Å². The molecule has 25 heavy (non-hydrogen) atoms. The molecule has 1 fully saturated rings. The average Bonchev–Trinajstić information content (AvgIpc) is 2.66. The molecule has 0 saturated carbocycles. The lowest BCUT2D eigenvalue weighted by Crippen LogP contribution is -2.47. The molecule has 2 N–H and O–H groups in total. The van der Waals surface area contributed by atoms with Crippen molar-refractivity contribution in [2.75, 3.05) is 13.1 Å². The summed E-state index contributed by atoms with van der Waals surface area (Å²) < 4.78 is 5.88. The van der Waals surface area contributed by atoms with Crippen LogP contribution in [0.3, 0.4) is 0 Å². The van der Waals surface area contributed by atoms with Crippen LogP contribution in [0.2, 0.25) is 0 Å². The Labute approximate surface area is 149 Å². The molecular formula is C21H26N2O2. The van der Waals surface area contributed by atoms with Crippen molar-refractivity contribution in [2.24, 2.45) is 5.73 Å². The highest BCUT2D eigenvalue weighted by Gasteiger charge is 2.26. The topological polar surface area (TPSA) is 55.6 Å². The number of rotatable bonds is 5. The van der Waals surface area contributed by atoms with Crippen molar-refractivity contribution in [2.45, 2.75) is 38.8 Å². The molecule has 2 aromatic rings. The van der Waals surface area contributed by atoms with E-state index in [1.54, 1.807) is 0 Å². The summed E-state index contributed by atoms with van der Waals surface area (Å²) in [6.07, 6.45) is 3.18. The second-order valence-corrected chi connectivity index (χ2v) is 6.69. The fraction of sp³-hybridized carbons (Fsp3) is 0.381. The molecule has 1 heterocycles. The van der Waals surface area contributed by atoms with Gasteiger partial charge < -0.3 is 15.4 Å². The molecule has 1 unspecified atom stereocenters. The summed E-state index contributed by atoms with van der Waals surface area (Å²) in [5, 5.41) is 0. The second kappa shape index (κ2) is 8.17. The van der Waals surface area contributed by atoms with Crippen LogP contribution in [-0.4, -0.2) is 29.9 Å². The van der Waals surface area contributed by atoms with Gasteiger partial charge in [-0.15, -0.1) is 0 Å². The third kappa shape index (κ3) is 4.40. The minimum Gasteiger partial charge on any atom is -0.489 e. The van der Waals surface area contributed by atoms with Crippen LogP contribution >= 0.6 is 0 Å². The first-order valence-electron chi connectivity index (χ1n) is 8.97. The number of hydrogen-bond acceptors (Lipinski definition) is 3. The number of hydrogen-bond donors (Lipinski definition) is 1. The van der Waals surface area contributed by atoms with Crippen molar-refractivity contribution in [3.05, 3.63) is 65.2 Å². The van der Waals surface area contributed by atoms with Crippen LogP contribution in [0, 0.1) is 6.92 Å². The number of aryl methyl sites for hydroxylation is 1. The van der Waals surface area contributed by atoms with Gasteiger partial charge in [0, 0.05) is 24.7 Å². The van der Waals surface area contributed by atoms with Crippen LogP contribution in [0.15, 0.2) is 48.5 Å². The smallest absolute Gasteiger partial charge is 0.254 e. The van der Waals surface area contributed by atoms with E-state index < -0.39 is 0 Å². The van der Waals surface area contributed by atoms with Crippen molar-refractivity contribution >= 4 is 5.91 Å². The number of carbonyl (C=O) groups excluding carboxylic acids is 1. The van der Waals surface area contributed by atoms with E-state index in [-0.39, 0.29) is 11.9 Å². The molecule has 0 aromatic heterocycles. The molecule has 1 saturated heterocycles. The first-order chi connectivity index (χ1) is 12.2. The normalized spacial score (nSPS) is 17.4. The van der Waals surface area contributed by atoms with Gasteiger partial charge in [-0.1, -0.05) is 35.9 Å². The summed E-state index contributed by atoms with van der Waals surface area (Å²) in [7, 11) is 0. The Hall–Kier alpha value is -2.33. The van der Waals surface area contributed by atoms with Crippen molar-refractivity contribution in [1.82, 2.24) is 4.90 Å². The molecule has 1 amide bonds. The summed E-state index contributed by atoms with van der Waals surface area (Å²) in [5.74, 6) is 0.768. The molecule has 1 aliphatic rings. The Kier molecular flexibility index (Phi) is 5.71. The van der Waals surface area contributed by atoms with Gasteiger partial charge in [0.2, 0.25) is 0 Å². The van der Waals surface area contributed by atoms with Crippen LogP contribution < -0.4 is 10.5 Å². The van der Waals surface area contributed by atoms with E-state index in [1.165, 1.54) is 5.56 Å². The Morgan fingerprint density at radius 3 is 2.84 bits per heavy atom. The van der Waals surface area contributed by atoms with E-state index in [9.17, 15) is 4.79 Å². The van der Waals surface area contributed by atoms with Gasteiger partial charge in [0.15, 0.2) is 0 Å². The minimum absolute atomic E-state index is 0.0520. The first kappa shape index (κ1) is 17.5. The fourth-order valence-electron chi connectivity index (χ4n) is 3.37. The van der Waals surface area contributed by atoms with E-state index in [4.69, 9.17) is 10.5 Å². The predicted molar refractivity (Wildman–Crippen MR) is 99.7 cm³/mol. The lowest BCUT2D eigenvalue weighted by molar-refractivity contribution is 0.0623. The maximum Gasteiger partial charge on any atom is 0.254 e. The van der Waals surface area contributed by atoms with Gasteiger partial charge in [-0.05, 0) is 49.9 Å². The SMILES string of the molecule is Cc1cccc(COc2cccc(C(=O)N3CCCCC3CN)c2)c1. The molecule has 0 spiro atoms. The van der Waals surface area contributed by atoms with Gasteiger partial charge in [-0.25, -0.2) is 0 Å². The summed E-state index contributed by atoms with van der Waals surface area (Å²) in [4.78, 5) is 14.8. The third-order valence-electron chi connectivity index (χ3n) is 4.73. The summed E-state index contributed by atoms with van der Waals surface area (Å²) in [6.45, 7) is 3.87. The van der Waals surface area contributed by atoms with E-state index in [1.807, 2.05) is 41.3 Å². The highest BCUT2D eigenvalue weighted by molar-refractivity contribution is 5.94. The number of amides is 1. The molecule has 132 valence electrons. The zero-order valence-corrected chi connectivity index (χ0v) is 14.8. The second-order valence-electron chi connectivity index (χ2n) is 6.69. The van der Waals surface area contributed by atoms with E-state index in [2.05, 4.69) is 19.1 Å². The lowest BCUT2D eigenvalue weighted by atomic mass is 10.0. The first-order valence-corrected chi connectivity index (χ1v) is 8.97. The summed E-state index contributed by atoms with van der Waals surface area (Å²) >= 11 is 0. The zero-order chi connectivity index (χ0) is 17.6. The molecule has 1 aliphatic heterocycles. The fourth-order valence-corrected chi connectivity index (χ4v) is 3.37. The van der Waals surface area contributed by atoms with E-state index in [0.29, 0.717) is 24.5 Å². The third-order valence-corrected chi connectivity index (χ3v) is 4.73. The maximum atomic E-state index is 12.9. The van der Waals surface area contributed by atoms with Crippen molar-refractivity contribution < 1.29 is 9.53 Å². The molecule has 0 bridgehead atoms. The Balaban J connectivity index is 1.69. The number of ether oxygens (including phenoxy) is 1. The average molecular weight is 338 g/mol. The van der Waals surface area contributed by atoms with Crippen LogP contribution in [0.1, 0.15) is 40.7 Å². The van der Waals surface area contributed by atoms with Crippen molar-refractivity contribution in [1.29, 1.82) is 0 Å². The summed E-state index contributed by atoms with van der Waals surface area (Å²) in [5.41, 5.74) is 8.85. The molecule has 4 nitrogen and oxygen atoms in total. The number of piperidine rings is 1. The molecule has 0 radical (unpaired) electrons. The van der Waals surface area contributed by atoms with Crippen LogP contribution in [0.25, 0.3) is 0 Å². The number of carbonyl (C=O) groups is 1. The molecule has 0 aliphatic carbocycles. The Morgan fingerprint density at radius 2 is 2.04 bits per heavy atom. The maximum absolute atomic E-state index is 12.9. The minimum atomic E-state index is 0.0520. The Morgan fingerprint density at radius 1 is 1.20 bits per heavy atom. The van der Waals surface area contributed by atoms with Crippen LogP contribution in [-0.2, 0) is 6.61 Å². The van der Waals surface area contributed by atoms with Gasteiger partial charge in [0.25, 0.3) is 5.91 Å². The molecule has 1 atom stereocenters. The largest absolute Gasteiger partial charge is 0.489 e. The highest BCUT2D eigenvalue weighted by Crippen LogP contribution is 2.22. The quantitative estimate of drug-likeness (QED) is 0.907. The molecule has 4 heteroatoms. The van der Waals surface area contributed by atoms with Crippen molar-refractivity contribution in [3.63, 3.8) is 0 Å².